The van der Waals surface area contributed by atoms with Gasteiger partial charge in [-0.15, -0.1) is 0 Å². The Labute approximate surface area is 60.5 Å². The van der Waals surface area contributed by atoms with Gasteiger partial charge in [0.15, 0.2) is 5.75 Å². The minimum absolute atomic E-state index is 0.0880. The molecule has 1 aromatic heterocycles. The molecule has 2 heteroatoms. The summed E-state index contributed by atoms with van der Waals surface area (Å²) in [6, 6.07) is 1.56. The lowest BCUT2D eigenvalue weighted by Gasteiger charge is -1.99. The molecule has 0 amide bonds. The van der Waals surface area contributed by atoms with E-state index in [1.165, 1.54) is 0 Å². The van der Waals surface area contributed by atoms with Crippen LogP contribution in [0.4, 0.5) is 0 Å². The van der Waals surface area contributed by atoms with Gasteiger partial charge in [0.1, 0.15) is 0 Å². The van der Waals surface area contributed by atoms with E-state index in [2.05, 4.69) is 4.98 Å². The van der Waals surface area contributed by atoms with Crippen molar-refractivity contribution in [2.24, 2.45) is 0 Å². The first-order chi connectivity index (χ1) is 4.61. The van der Waals surface area contributed by atoms with Crippen LogP contribution < -0.4 is 0 Å². The summed E-state index contributed by atoms with van der Waals surface area (Å²) in [6.07, 6.45) is 0. The van der Waals surface area contributed by atoms with Crippen LogP contribution in [0.5, 0.6) is 5.75 Å². The predicted octanol–water partition coefficient (Wildman–Crippen LogP) is 2.15. The van der Waals surface area contributed by atoms with Crippen molar-refractivity contribution in [2.45, 2.75) is 20.8 Å². The summed E-state index contributed by atoms with van der Waals surface area (Å²) in [5, 5.41) is 11.0. The van der Waals surface area contributed by atoms with Crippen LogP contribution >= 0.6 is 0 Å². The maximum atomic E-state index is 11.0. The molecule has 1 radical (unpaired) electrons. The van der Waals surface area contributed by atoms with Gasteiger partial charge in [-0.25, -0.2) is 0 Å². The monoisotopic (exact) mass is 136 g/mol. The first-order valence-corrected chi connectivity index (χ1v) is 3.23. The number of rotatable bonds is 0. The van der Waals surface area contributed by atoms with Crippen LogP contribution in [-0.2, 0) is 5.11 Å². The second-order valence-electron chi connectivity index (χ2n) is 2.47. The normalized spacial score (nSPS) is 9.90. The van der Waals surface area contributed by atoms with E-state index in [1.54, 1.807) is 13.0 Å². The summed E-state index contributed by atoms with van der Waals surface area (Å²) < 4.78 is 0. The molecule has 0 bridgehead atoms. The molecule has 1 rings (SSSR count). The first kappa shape index (κ1) is 7.06. The Balaban J connectivity index is 3.31. The van der Waals surface area contributed by atoms with E-state index in [0.717, 1.165) is 17.0 Å². The van der Waals surface area contributed by atoms with Crippen molar-refractivity contribution in [1.82, 2.24) is 4.98 Å². The highest BCUT2D eigenvalue weighted by molar-refractivity contribution is 5.34. The van der Waals surface area contributed by atoms with Gasteiger partial charge < -0.3 is 0 Å². The molecule has 0 saturated heterocycles. The van der Waals surface area contributed by atoms with Gasteiger partial charge in [-0.2, -0.15) is 0 Å². The molecule has 0 N–H and O–H groups in total. The Kier molecular flexibility index (Phi) is 1.62. The van der Waals surface area contributed by atoms with Gasteiger partial charge in [0.05, 0.1) is 0 Å². The molecule has 1 heterocycles. The fourth-order valence-corrected chi connectivity index (χ4v) is 0.857. The minimum atomic E-state index is 0.0880. The minimum Gasteiger partial charge on any atom is -0.290 e. The van der Waals surface area contributed by atoms with Crippen molar-refractivity contribution < 1.29 is 5.11 Å². The molecule has 0 spiro atoms. The van der Waals surface area contributed by atoms with Crippen molar-refractivity contribution in [1.29, 1.82) is 0 Å². The second-order valence-corrected chi connectivity index (χ2v) is 2.47. The van der Waals surface area contributed by atoms with E-state index in [9.17, 15) is 5.11 Å². The molecule has 10 heavy (non-hydrogen) atoms. The smallest absolute Gasteiger partial charge is 0.185 e. The number of hydrogen-bond donors (Lipinski definition) is 0. The Morgan fingerprint density at radius 3 is 2.40 bits per heavy atom. The van der Waals surface area contributed by atoms with Crippen molar-refractivity contribution in [3.05, 3.63) is 23.0 Å². The Morgan fingerprint density at radius 2 is 1.90 bits per heavy atom. The van der Waals surface area contributed by atoms with Crippen LogP contribution in [-0.4, -0.2) is 4.98 Å². The van der Waals surface area contributed by atoms with Crippen molar-refractivity contribution >= 4 is 0 Å². The fourth-order valence-electron chi connectivity index (χ4n) is 0.857. The van der Waals surface area contributed by atoms with Gasteiger partial charge in [-0.1, -0.05) is 0 Å². The molecule has 1 aromatic rings. The van der Waals surface area contributed by atoms with Gasteiger partial charge in [-0.05, 0) is 20.8 Å². The quantitative estimate of drug-likeness (QED) is 0.537. The number of aromatic nitrogens is 1. The largest absolute Gasteiger partial charge is 0.290 e. The summed E-state index contributed by atoms with van der Waals surface area (Å²) in [6.45, 7) is 5.47. The summed E-state index contributed by atoms with van der Waals surface area (Å²) in [5.41, 5.74) is 2.39. The Bertz CT molecular complexity index is 232. The lowest BCUT2D eigenvalue weighted by Crippen LogP contribution is -1.88. The molecule has 2 nitrogen and oxygen atoms in total. The summed E-state index contributed by atoms with van der Waals surface area (Å²) >= 11 is 0. The van der Waals surface area contributed by atoms with Gasteiger partial charge in [0.2, 0.25) is 0 Å². The lowest BCUT2D eigenvalue weighted by molar-refractivity contribution is 0.350. The number of nitrogens with zero attached hydrogens (tertiary/aromatic N) is 1. The second kappa shape index (κ2) is 2.29. The molecule has 0 aliphatic carbocycles. The van der Waals surface area contributed by atoms with E-state index < -0.39 is 0 Å². The van der Waals surface area contributed by atoms with Crippen molar-refractivity contribution in [3.63, 3.8) is 0 Å². The zero-order valence-electron chi connectivity index (χ0n) is 6.43. The predicted molar refractivity (Wildman–Crippen MR) is 38.6 cm³/mol. The number of hydrogen-bond acceptors (Lipinski definition) is 1. The summed E-state index contributed by atoms with van der Waals surface area (Å²) in [4.78, 5) is 4.13. The maximum absolute atomic E-state index is 11.0. The molecule has 0 atom stereocenters. The van der Waals surface area contributed by atoms with E-state index in [1.807, 2.05) is 13.8 Å². The standard InChI is InChI=1S/C8H10NO/c1-5-4-8(10)6(2)7(3)9-5/h4H,1-3H3. The number of pyridine rings is 1. The van der Waals surface area contributed by atoms with E-state index in [4.69, 9.17) is 0 Å². The topological polar surface area (TPSA) is 32.8 Å². The third-order valence-electron chi connectivity index (χ3n) is 1.60. The van der Waals surface area contributed by atoms with Gasteiger partial charge in [0, 0.05) is 23.0 Å². The molecule has 0 aromatic carbocycles. The van der Waals surface area contributed by atoms with Crippen LogP contribution in [0.15, 0.2) is 6.07 Å². The van der Waals surface area contributed by atoms with Crippen LogP contribution in [0.3, 0.4) is 0 Å². The highest BCUT2D eigenvalue weighted by atomic mass is 16.3. The Hall–Kier alpha value is -1.05. The van der Waals surface area contributed by atoms with E-state index in [-0.39, 0.29) is 5.75 Å². The molecular formula is C8H10NO. The Morgan fingerprint density at radius 1 is 1.30 bits per heavy atom. The van der Waals surface area contributed by atoms with E-state index >= 15 is 0 Å². The van der Waals surface area contributed by atoms with E-state index in [0.29, 0.717) is 0 Å². The third kappa shape index (κ3) is 1.10. The van der Waals surface area contributed by atoms with Gasteiger partial charge >= 0.3 is 0 Å². The highest BCUT2D eigenvalue weighted by Crippen LogP contribution is 2.18. The molecule has 0 unspecified atom stereocenters. The molecule has 0 aliphatic heterocycles. The lowest BCUT2D eigenvalue weighted by atomic mass is 10.2. The molecule has 0 fully saturated rings. The number of aryl methyl sites for hydroxylation is 2. The SMILES string of the molecule is Cc1cc([O])c(C)c(C)n1. The van der Waals surface area contributed by atoms with Crippen LogP contribution in [0.1, 0.15) is 17.0 Å². The molecule has 0 aliphatic rings. The van der Waals surface area contributed by atoms with Crippen LogP contribution in [0, 0.1) is 20.8 Å². The van der Waals surface area contributed by atoms with Gasteiger partial charge in [-0.3, -0.25) is 10.1 Å². The average molecular weight is 136 g/mol. The third-order valence-corrected chi connectivity index (χ3v) is 1.60. The first-order valence-electron chi connectivity index (χ1n) is 3.23. The van der Waals surface area contributed by atoms with Crippen LogP contribution in [0.25, 0.3) is 0 Å². The molecule has 53 valence electrons. The molecular weight excluding hydrogens is 126 g/mol. The molecule has 0 saturated carbocycles. The van der Waals surface area contributed by atoms with Crippen LogP contribution in [0.2, 0.25) is 0 Å². The zero-order chi connectivity index (χ0) is 7.72. The summed E-state index contributed by atoms with van der Waals surface area (Å²) in [7, 11) is 0. The van der Waals surface area contributed by atoms with Crippen molar-refractivity contribution in [3.8, 4) is 5.75 Å². The summed E-state index contributed by atoms with van der Waals surface area (Å²) in [5.74, 6) is 0.0880. The average Bonchev–Trinajstić information content (AvgIpc) is 1.82. The highest BCUT2D eigenvalue weighted by Gasteiger charge is 2.02. The van der Waals surface area contributed by atoms with Crippen molar-refractivity contribution in [2.75, 3.05) is 0 Å². The fraction of sp³-hybridized carbons (Fsp3) is 0.375. The zero-order valence-corrected chi connectivity index (χ0v) is 6.43. The maximum Gasteiger partial charge on any atom is 0.185 e. The van der Waals surface area contributed by atoms with Gasteiger partial charge in [0.25, 0.3) is 0 Å².